The first-order valence-corrected chi connectivity index (χ1v) is 8.73. The lowest BCUT2D eigenvalue weighted by atomic mass is 10.2. The lowest BCUT2D eigenvalue weighted by Gasteiger charge is -2.09. The monoisotopic (exact) mass is 397 g/mol. The highest BCUT2D eigenvalue weighted by atomic mass is 19.2. The molecule has 0 aliphatic carbocycles. The van der Waals surface area contributed by atoms with Crippen LogP contribution in [-0.4, -0.2) is 23.4 Å². The van der Waals surface area contributed by atoms with Crippen LogP contribution in [0.25, 0.3) is 0 Å². The summed E-state index contributed by atoms with van der Waals surface area (Å²) < 4.78 is 31.6. The van der Waals surface area contributed by atoms with Gasteiger partial charge in [-0.25, -0.2) is 8.78 Å². The van der Waals surface area contributed by atoms with E-state index in [1.165, 1.54) is 24.4 Å². The highest BCUT2D eigenvalue weighted by Crippen LogP contribution is 2.17. The van der Waals surface area contributed by atoms with Crippen molar-refractivity contribution in [3.05, 3.63) is 83.7 Å². The minimum absolute atomic E-state index is 0.0472. The molecule has 0 aliphatic heterocycles. The molecule has 0 bridgehead atoms. The molecule has 1 aromatic heterocycles. The molecule has 3 rings (SSSR count). The van der Waals surface area contributed by atoms with Gasteiger partial charge in [0.25, 0.3) is 11.8 Å². The Kier molecular flexibility index (Phi) is 6.13. The highest BCUT2D eigenvalue weighted by Gasteiger charge is 2.13. The Morgan fingerprint density at radius 3 is 2.28 bits per heavy atom. The zero-order valence-electron chi connectivity index (χ0n) is 15.4. The molecule has 0 saturated heterocycles. The summed E-state index contributed by atoms with van der Waals surface area (Å²) in [5.41, 5.74) is 0.793. The van der Waals surface area contributed by atoms with Crippen LogP contribution in [0.1, 0.15) is 27.8 Å². The molecule has 0 unspecified atom stereocenters. The SMILES string of the molecule is CCOc1ccc(NC(=O)c2ccnc(C(=O)Nc3ccc(F)c(F)c3)c2)cc1. The maximum Gasteiger partial charge on any atom is 0.274 e. The van der Waals surface area contributed by atoms with E-state index in [0.717, 1.165) is 12.1 Å². The maximum absolute atomic E-state index is 13.3. The Morgan fingerprint density at radius 1 is 0.897 bits per heavy atom. The molecule has 6 nitrogen and oxygen atoms in total. The van der Waals surface area contributed by atoms with Gasteiger partial charge < -0.3 is 15.4 Å². The first kappa shape index (κ1) is 19.9. The smallest absolute Gasteiger partial charge is 0.274 e. The normalized spacial score (nSPS) is 10.3. The summed E-state index contributed by atoms with van der Waals surface area (Å²) >= 11 is 0. The van der Waals surface area contributed by atoms with E-state index in [-0.39, 0.29) is 16.9 Å². The van der Waals surface area contributed by atoms with Crippen molar-refractivity contribution >= 4 is 23.2 Å². The number of nitrogens with one attached hydrogen (secondary N) is 2. The molecule has 148 valence electrons. The van der Waals surface area contributed by atoms with Gasteiger partial charge in [-0.2, -0.15) is 0 Å². The number of carbonyl (C=O) groups is 2. The lowest BCUT2D eigenvalue weighted by molar-refractivity contribution is 0.102. The highest BCUT2D eigenvalue weighted by molar-refractivity contribution is 6.07. The van der Waals surface area contributed by atoms with E-state index < -0.39 is 23.4 Å². The molecule has 0 atom stereocenters. The van der Waals surface area contributed by atoms with Gasteiger partial charge in [0.1, 0.15) is 11.4 Å². The zero-order chi connectivity index (χ0) is 20.8. The van der Waals surface area contributed by atoms with Crippen LogP contribution in [0, 0.1) is 11.6 Å². The number of benzene rings is 2. The predicted molar refractivity (Wildman–Crippen MR) is 104 cm³/mol. The molecule has 2 amide bonds. The van der Waals surface area contributed by atoms with Gasteiger partial charge in [-0.05, 0) is 55.5 Å². The summed E-state index contributed by atoms with van der Waals surface area (Å²) in [4.78, 5) is 28.7. The quantitative estimate of drug-likeness (QED) is 0.651. The number of hydrogen-bond donors (Lipinski definition) is 2. The van der Waals surface area contributed by atoms with E-state index in [1.54, 1.807) is 24.3 Å². The molecule has 0 spiro atoms. The van der Waals surface area contributed by atoms with E-state index in [1.807, 2.05) is 6.92 Å². The van der Waals surface area contributed by atoms with Crippen LogP contribution in [0.5, 0.6) is 5.75 Å². The van der Waals surface area contributed by atoms with Gasteiger partial charge in [-0.1, -0.05) is 0 Å². The number of hydrogen-bond acceptors (Lipinski definition) is 4. The predicted octanol–water partition coefficient (Wildman–Crippen LogP) is 4.26. The Balaban J connectivity index is 1.69. The summed E-state index contributed by atoms with van der Waals surface area (Å²) in [5.74, 6) is -2.51. The van der Waals surface area contributed by atoms with Crippen LogP contribution >= 0.6 is 0 Å². The van der Waals surface area contributed by atoms with Crippen LogP contribution < -0.4 is 15.4 Å². The third-order valence-electron chi connectivity index (χ3n) is 3.86. The maximum atomic E-state index is 13.3. The molecule has 2 aromatic carbocycles. The van der Waals surface area contributed by atoms with Crippen molar-refractivity contribution in [1.82, 2.24) is 4.98 Å². The van der Waals surface area contributed by atoms with Gasteiger partial charge in [0.15, 0.2) is 11.6 Å². The number of ether oxygens (including phenoxy) is 1. The van der Waals surface area contributed by atoms with Gasteiger partial charge in [0.05, 0.1) is 6.61 Å². The first-order valence-electron chi connectivity index (χ1n) is 8.73. The van der Waals surface area contributed by atoms with Crippen molar-refractivity contribution in [2.24, 2.45) is 0 Å². The summed E-state index contributed by atoms with van der Waals surface area (Å²) in [7, 11) is 0. The van der Waals surface area contributed by atoms with E-state index in [0.29, 0.717) is 18.0 Å². The fourth-order valence-electron chi connectivity index (χ4n) is 2.47. The lowest BCUT2D eigenvalue weighted by Crippen LogP contribution is -2.17. The molecule has 29 heavy (non-hydrogen) atoms. The molecule has 3 aromatic rings. The molecular weight excluding hydrogens is 380 g/mol. The van der Waals surface area contributed by atoms with Gasteiger partial charge in [0, 0.05) is 29.2 Å². The number of halogens is 2. The van der Waals surface area contributed by atoms with Gasteiger partial charge in [0.2, 0.25) is 0 Å². The molecule has 2 N–H and O–H groups in total. The third-order valence-corrected chi connectivity index (χ3v) is 3.86. The van der Waals surface area contributed by atoms with Crippen molar-refractivity contribution in [3.8, 4) is 5.75 Å². The Labute approximate surface area is 165 Å². The van der Waals surface area contributed by atoms with Crippen molar-refractivity contribution in [3.63, 3.8) is 0 Å². The molecule has 0 aliphatic rings. The number of nitrogens with zero attached hydrogens (tertiary/aromatic N) is 1. The number of anilines is 2. The second kappa shape index (κ2) is 8.92. The van der Waals surface area contributed by atoms with Gasteiger partial charge >= 0.3 is 0 Å². The topological polar surface area (TPSA) is 80.3 Å². The third kappa shape index (κ3) is 5.13. The van der Waals surface area contributed by atoms with Crippen molar-refractivity contribution in [2.45, 2.75) is 6.92 Å². The van der Waals surface area contributed by atoms with E-state index in [2.05, 4.69) is 15.6 Å². The summed E-state index contributed by atoms with van der Waals surface area (Å²) in [6.45, 7) is 2.41. The Bertz CT molecular complexity index is 1040. The fraction of sp³-hybridized carbons (Fsp3) is 0.0952. The first-order chi connectivity index (χ1) is 14.0. The number of carbonyl (C=O) groups excluding carboxylic acids is 2. The molecule has 0 radical (unpaired) electrons. The second-order valence-corrected chi connectivity index (χ2v) is 5.92. The summed E-state index contributed by atoms with van der Waals surface area (Å²) in [6, 6.07) is 12.6. The number of amides is 2. The molecule has 8 heteroatoms. The standard InChI is InChI=1S/C21H17F2N3O3/c1-2-29-16-6-3-14(4-7-16)25-20(27)13-9-10-24-19(11-13)21(28)26-15-5-8-17(22)18(23)12-15/h3-12H,2H2,1H3,(H,25,27)(H,26,28). The van der Waals surface area contributed by atoms with Gasteiger partial charge in [-0.3, -0.25) is 14.6 Å². The van der Waals surface area contributed by atoms with Crippen molar-refractivity contribution in [2.75, 3.05) is 17.2 Å². The van der Waals surface area contributed by atoms with E-state index >= 15 is 0 Å². The molecule has 0 fully saturated rings. The average molecular weight is 397 g/mol. The minimum atomic E-state index is -1.08. The molecule has 1 heterocycles. The van der Waals surface area contributed by atoms with Crippen LogP contribution in [0.15, 0.2) is 60.8 Å². The van der Waals surface area contributed by atoms with Crippen molar-refractivity contribution in [1.29, 1.82) is 0 Å². The number of pyridine rings is 1. The molecular formula is C21H17F2N3O3. The minimum Gasteiger partial charge on any atom is -0.494 e. The summed E-state index contributed by atoms with van der Waals surface area (Å²) in [5, 5.41) is 5.12. The van der Waals surface area contributed by atoms with Gasteiger partial charge in [-0.15, -0.1) is 0 Å². The average Bonchev–Trinajstić information content (AvgIpc) is 2.72. The second-order valence-electron chi connectivity index (χ2n) is 5.92. The number of aromatic nitrogens is 1. The van der Waals surface area contributed by atoms with Crippen molar-refractivity contribution < 1.29 is 23.1 Å². The van der Waals surface area contributed by atoms with Crippen LogP contribution in [-0.2, 0) is 0 Å². The largest absolute Gasteiger partial charge is 0.494 e. The van der Waals surface area contributed by atoms with E-state index in [9.17, 15) is 18.4 Å². The van der Waals surface area contributed by atoms with E-state index in [4.69, 9.17) is 4.74 Å². The van der Waals surface area contributed by atoms with Crippen LogP contribution in [0.3, 0.4) is 0 Å². The zero-order valence-corrected chi connectivity index (χ0v) is 15.4. The van der Waals surface area contributed by atoms with Crippen LogP contribution in [0.4, 0.5) is 20.2 Å². The Morgan fingerprint density at radius 2 is 1.59 bits per heavy atom. The van der Waals surface area contributed by atoms with Crippen LogP contribution in [0.2, 0.25) is 0 Å². The number of rotatable bonds is 6. The molecule has 0 saturated carbocycles. The fourth-order valence-corrected chi connectivity index (χ4v) is 2.47. The summed E-state index contributed by atoms with van der Waals surface area (Å²) in [6.07, 6.45) is 1.31. The Hall–Kier alpha value is -3.81.